The maximum absolute atomic E-state index is 11.5. The maximum atomic E-state index is 11.5. The fourth-order valence-electron chi connectivity index (χ4n) is 9.33. The average Bonchev–Trinajstić information content (AvgIpc) is 3.92. The number of aromatic hydroxyl groups is 2. The van der Waals surface area contributed by atoms with Gasteiger partial charge in [-0.25, -0.2) is 0 Å². The number of ether oxygens (including phenoxy) is 7. The van der Waals surface area contributed by atoms with Gasteiger partial charge in [-0.2, -0.15) is 0 Å². The highest BCUT2D eigenvalue weighted by Gasteiger charge is 2.47. The zero-order valence-corrected chi connectivity index (χ0v) is 39.0. The van der Waals surface area contributed by atoms with E-state index in [1.807, 2.05) is 52.0 Å². The quantitative estimate of drug-likeness (QED) is 0.0545. The fraction of sp³-hybridized carbons (Fsp3) is 0.680. The molecule has 1 aromatic heterocycles. The molecule has 0 aliphatic carbocycles. The Bertz CT molecular complexity index is 2090. The first kappa shape index (κ1) is 49.7. The molecule has 4 aliphatic heterocycles. The van der Waals surface area contributed by atoms with Crippen molar-refractivity contribution in [3.05, 3.63) is 53.6 Å². The highest BCUT2D eigenvalue weighted by atomic mass is 16.7. The summed E-state index contributed by atoms with van der Waals surface area (Å²) in [6.07, 6.45) is -0.0914. The second-order valence-electron chi connectivity index (χ2n) is 19.2. The monoisotopic (exact) mass is 912 g/mol. The molecule has 362 valence electrons. The van der Waals surface area contributed by atoms with Gasteiger partial charge in [0.15, 0.2) is 18.9 Å². The summed E-state index contributed by atoms with van der Waals surface area (Å²) < 4.78 is 48.0. The number of hydrogen-bond donors (Lipinski definition) is 7. The van der Waals surface area contributed by atoms with Crippen molar-refractivity contribution in [2.45, 2.75) is 192 Å². The summed E-state index contributed by atoms with van der Waals surface area (Å²) in [5.74, 6) is 0.504. The molecule has 0 spiro atoms. The van der Waals surface area contributed by atoms with Crippen LogP contribution in [-0.4, -0.2) is 134 Å². The summed E-state index contributed by atoms with van der Waals surface area (Å²) in [6.45, 7) is 15.7. The van der Waals surface area contributed by atoms with E-state index in [4.69, 9.17) is 37.6 Å². The van der Waals surface area contributed by atoms with E-state index < -0.39 is 67.7 Å². The number of hydrogen-bond acceptors (Lipinski definition) is 15. The number of fused-ring (bicyclic) bond motifs is 3. The summed E-state index contributed by atoms with van der Waals surface area (Å²) in [4.78, 5) is 0. The van der Waals surface area contributed by atoms with Crippen LogP contribution in [0.25, 0.3) is 27.5 Å². The number of allylic oxidation sites excluding steroid dienone is 4. The van der Waals surface area contributed by atoms with Crippen molar-refractivity contribution < 1.29 is 73.3 Å². The molecule has 4 aliphatic rings. The molecule has 15 nitrogen and oxygen atoms in total. The molecule has 0 bridgehead atoms. The third kappa shape index (κ3) is 11.6. The molecule has 7 N–H and O–H groups in total. The van der Waals surface area contributed by atoms with Crippen LogP contribution in [-0.2, 0) is 39.6 Å². The van der Waals surface area contributed by atoms with Crippen molar-refractivity contribution in [2.75, 3.05) is 6.61 Å². The van der Waals surface area contributed by atoms with Crippen LogP contribution < -0.4 is 0 Å². The number of aliphatic hydroxyl groups excluding tert-OH is 5. The van der Waals surface area contributed by atoms with Gasteiger partial charge in [0.2, 0.25) is 0 Å². The predicted molar refractivity (Wildman–Crippen MR) is 242 cm³/mol. The number of furan rings is 1. The Labute approximate surface area is 381 Å². The fourth-order valence-corrected chi connectivity index (χ4v) is 9.33. The average molecular weight is 913 g/mol. The Morgan fingerprint density at radius 3 is 2.32 bits per heavy atom. The molecule has 15 heteroatoms. The Kier molecular flexibility index (Phi) is 16.4. The number of benzene rings is 2. The Morgan fingerprint density at radius 1 is 0.846 bits per heavy atom. The van der Waals surface area contributed by atoms with Crippen molar-refractivity contribution in [3.63, 3.8) is 0 Å². The number of phenolic OH excluding ortho intramolecular Hbond substituents is 2. The maximum Gasteiger partial charge on any atom is 0.186 e. The van der Waals surface area contributed by atoms with E-state index in [9.17, 15) is 35.7 Å². The molecule has 0 radical (unpaired) electrons. The molecule has 0 saturated carbocycles. The van der Waals surface area contributed by atoms with Gasteiger partial charge in [0.05, 0.1) is 60.1 Å². The van der Waals surface area contributed by atoms with Crippen LogP contribution in [0.1, 0.15) is 105 Å². The van der Waals surface area contributed by atoms with Crippen molar-refractivity contribution >= 4 is 27.5 Å². The van der Waals surface area contributed by atoms with Gasteiger partial charge in [0.25, 0.3) is 0 Å². The Hall–Kier alpha value is -3.16. The zero-order chi connectivity index (χ0) is 46.9. The summed E-state index contributed by atoms with van der Waals surface area (Å²) in [7, 11) is 0. The van der Waals surface area contributed by atoms with E-state index in [1.165, 1.54) is 0 Å². The number of aliphatic hydroxyl groups is 5. The van der Waals surface area contributed by atoms with Crippen LogP contribution in [0.5, 0.6) is 11.5 Å². The minimum Gasteiger partial charge on any atom is -0.507 e. The van der Waals surface area contributed by atoms with Gasteiger partial charge in [-0.05, 0) is 106 Å². The lowest BCUT2D eigenvalue weighted by Gasteiger charge is -2.44. The topological polar surface area (TPSA) is 223 Å². The van der Waals surface area contributed by atoms with Crippen molar-refractivity contribution in [1.29, 1.82) is 0 Å². The number of phenols is 2. The first-order chi connectivity index (χ1) is 30.9. The largest absolute Gasteiger partial charge is 0.507 e. The number of rotatable bonds is 18. The summed E-state index contributed by atoms with van der Waals surface area (Å²) in [5.41, 5.74) is 3.34. The van der Waals surface area contributed by atoms with Crippen molar-refractivity contribution in [3.8, 4) is 11.5 Å². The van der Waals surface area contributed by atoms with E-state index in [-0.39, 0.29) is 66.7 Å². The lowest BCUT2D eigenvalue weighted by Crippen LogP contribution is -2.59. The first-order valence-corrected chi connectivity index (χ1v) is 23.6. The molecule has 2 aromatic carbocycles. The summed E-state index contributed by atoms with van der Waals surface area (Å²) in [6, 6.07) is 7.18. The van der Waals surface area contributed by atoms with E-state index >= 15 is 0 Å². The van der Waals surface area contributed by atoms with Crippen LogP contribution in [0.2, 0.25) is 0 Å². The van der Waals surface area contributed by atoms with Crippen LogP contribution in [0.4, 0.5) is 0 Å². The molecule has 12 unspecified atom stereocenters. The van der Waals surface area contributed by atoms with E-state index in [0.29, 0.717) is 53.2 Å². The lowest BCUT2D eigenvalue weighted by molar-refractivity contribution is -0.338. The predicted octanol–water partition coefficient (Wildman–Crippen LogP) is 6.36. The van der Waals surface area contributed by atoms with Gasteiger partial charge >= 0.3 is 0 Å². The molecule has 7 rings (SSSR count). The first-order valence-electron chi connectivity index (χ1n) is 23.6. The van der Waals surface area contributed by atoms with Crippen LogP contribution in [0.15, 0.2) is 46.9 Å². The molecule has 0 amide bonds. The lowest BCUT2D eigenvalue weighted by atomic mass is 9.94. The SMILES string of the molecule is CC[C@@H](C)[C@@H](O)[C@@H]1O[C@H]1C[C@H](C)/C=C/C=C(\C)c1cc(O)c2c(c1)oc1ccc(CC[C@@H](C)COC3OC(C)C(OC4CCC(OC5CC(O)C(O)C(C)O5)C(C)O4)C(O)C3O)c(O)c12. The van der Waals surface area contributed by atoms with E-state index in [1.54, 1.807) is 26.0 Å². The molecule has 5 heterocycles. The third-order valence-corrected chi connectivity index (χ3v) is 13.9. The minimum absolute atomic E-state index is 0.00617. The second kappa shape index (κ2) is 21.4. The van der Waals surface area contributed by atoms with Gasteiger partial charge in [0.1, 0.15) is 53.2 Å². The molecular formula is C50H72O15. The van der Waals surface area contributed by atoms with Gasteiger partial charge in [-0.15, -0.1) is 0 Å². The minimum atomic E-state index is -1.38. The number of epoxide rings is 1. The molecule has 65 heavy (non-hydrogen) atoms. The van der Waals surface area contributed by atoms with E-state index in [0.717, 1.165) is 24.0 Å². The van der Waals surface area contributed by atoms with Crippen molar-refractivity contribution in [1.82, 2.24) is 0 Å². The highest BCUT2D eigenvalue weighted by molar-refractivity contribution is 6.12. The van der Waals surface area contributed by atoms with Crippen LogP contribution in [0, 0.1) is 17.8 Å². The van der Waals surface area contributed by atoms with Gasteiger partial charge in [-0.3, -0.25) is 0 Å². The Balaban J connectivity index is 0.877. The molecule has 3 aromatic rings. The summed E-state index contributed by atoms with van der Waals surface area (Å²) >= 11 is 0. The van der Waals surface area contributed by atoms with Gasteiger partial charge in [-0.1, -0.05) is 58.4 Å². The van der Waals surface area contributed by atoms with Gasteiger partial charge in [0, 0.05) is 12.8 Å². The highest BCUT2D eigenvalue weighted by Crippen LogP contribution is 2.43. The number of aryl methyl sites for hydroxylation is 1. The zero-order valence-electron chi connectivity index (χ0n) is 39.0. The molecule has 4 fully saturated rings. The normalized spacial score (nSPS) is 35.4. The third-order valence-electron chi connectivity index (χ3n) is 13.9. The Morgan fingerprint density at radius 2 is 1.60 bits per heavy atom. The molecule has 4 saturated heterocycles. The van der Waals surface area contributed by atoms with Crippen molar-refractivity contribution in [2.24, 2.45) is 17.8 Å². The standard InChI is InChI=1S/C50H72O15/c1-9-26(4)43(53)49-38(64-49)19-24(2)11-10-12-27(5)32-20-33(51)41-37(21-32)62-36-16-15-31(45(55)42(36)41)14-13-25(3)23-58-50-47(57)46(56)48(30(8)61-50)65-39-18-17-35(28(6)59-39)63-40-22-34(52)44(54)29(7)60-40/h10-12,15-16,20-21,24-26,28-30,34-35,38-40,43-44,46-57H,9,13-14,17-19,22-23H2,1-8H3/b11-10+,27-12+/t24-,25-,26-,28?,29?,30?,34?,35?,38+,39?,40?,43-,44?,46?,47?,48?,49-,50?/m1/s1. The van der Waals surface area contributed by atoms with Gasteiger partial charge < -0.3 is 73.3 Å². The van der Waals surface area contributed by atoms with Crippen LogP contribution >= 0.6 is 0 Å². The molecule has 18 atom stereocenters. The summed E-state index contributed by atoms with van der Waals surface area (Å²) in [5, 5.41) is 76.4. The molecular weight excluding hydrogens is 841 g/mol. The van der Waals surface area contributed by atoms with Crippen LogP contribution in [0.3, 0.4) is 0 Å². The second-order valence-corrected chi connectivity index (χ2v) is 19.2. The smallest absolute Gasteiger partial charge is 0.186 e. The van der Waals surface area contributed by atoms with E-state index in [2.05, 4.69) is 19.9 Å².